The van der Waals surface area contributed by atoms with Gasteiger partial charge in [-0.05, 0) is 116 Å². The van der Waals surface area contributed by atoms with Crippen LogP contribution in [0, 0.1) is 50.7 Å². The van der Waals surface area contributed by atoms with E-state index in [1.807, 2.05) is 6.08 Å². The maximum atomic E-state index is 12.9. The third kappa shape index (κ3) is 2.87. The Kier molecular flexibility index (Phi) is 5.53. The smallest absolute Gasteiger partial charge is 0.330 e. The van der Waals surface area contributed by atoms with E-state index in [0.29, 0.717) is 57.2 Å². The summed E-state index contributed by atoms with van der Waals surface area (Å²) in [5.41, 5.74) is 1.33. The monoisotopic (exact) mass is 470 g/mol. The summed E-state index contributed by atoms with van der Waals surface area (Å²) in [6.07, 6.45) is 14.4. The number of aliphatic hydroxyl groups excluding tert-OH is 1. The van der Waals surface area contributed by atoms with Crippen molar-refractivity contribution < 1.29 is 19.8 Å². The molecular weight excluding hydrogens is 424 g/mol. The summed E-state index contributed by atoms with van der Waals surface area (Å²) in [5, 5.41) is 19.5. The number of carbonyl (C=O) groups is 2. The Morgan fingerprint density at radius 1 is 1.03 bits per heavy atom. The Hall–Kier alpha value is -1.16. The van der Waals surface area contributed by atoms with Gasteiger partial charge in [-0.2, -0.15) is 0 Å². The van der Waals surface area contributed by atoms with Gasteiger partial charge in [-0.3, -0.25) is 4.79 Å². The van der Waals surface area contributed by atoms with E-state index in [4.69, 9.17) is 0 Å². The fourth-order valence-electron chi connectivity index (χ4n) is 11.0. The van der Waals surface area contributed by atoms with Crippen molar-refractivity contribution >= 4 is 11.8 Å². The van der Waals surface area contributed by atoms with Crippen molar-refractivity contribution in [2.75, 3.05) is 6.61 Å². The van der Waals surface area contributed by atoms with Crippen LogP contribution in [0.2, 0.25) is 0 Å². The quantitative estimate of drug-likeness (QED) is 0.440. The van der Waals surface area contributed by atoms with Crippen LogP contribution in [0.5, 0.6) is 0 Å². The molecule has 5 fully saturated rings. The molecule has 5 aliphatic carbocycles. The fourth-order valence-corrected chi connectivity index (χ4v) is 11.0. The van der Waals surface area contributed by atoms with Crippen molar-refractivity contribution in [2.24, 2.45) is 50.7 Å². The minimum atomic E-state index is -0.804. The van der Waals surface area contributed by atoms with Gasteiger partial charge in [-0.25, -0.2) is 4.79 Å². The van der Waals surface area contributed by atoms with Crippen molar-refractivity contribution in [3.05, 3.63) is 11.6 Å². The van der Waals surface area contributed by atoms with Crippen LogP contribution in [-0.2, 0) is 9.59 Å². The van der Waals surface area contributed by atoms with E-state index in [1.54, 1.807) is 6.92 Å². The number of hydrogen-bond acceptors (Lipinski definition) is 3. The maximum Gasteiger partial charge on any atom is 0.330 e. The zero-order chi connectivity index (χ0) is 24.7. The molecule has 4 heteroatoms. The highest BCUT2D eigenvalue weighted by Crippen LogP contribution is 2.88. The van der Waals surface area contributed by atoms with E-state index in [1.165, 1.54) is 38.5 Å². The molecule has 0 saturated heterocycles. The van der Waals surface area contributed by atoms with Crippen molar-refractivity contribution in [2.45, 2.75) is 105 Å². The molecule has 190 valence electrons. The normalized spacial score (nSPS) is 50.6. The molecular formula is C30H46O4. The molecule has 0 aliphatic heterocycles. The van der Waals surface area contributed by atoms with Gasteiger partial charge >= 0.3 is 5.97 Å². The van der Waals surface area contributed by atoms with E-state index in [9.17, 15) is 19.8 Å². The number of carboxylic acid groups (broad SMARTS) is 1. The maximum absolute atomic E-state index is 12.9. The van der Waals surface area contributed by atoms with Gasteiger partial charge in [0.1, 0.15) is 5.78 Å². The molecule has 0 heterocycles. The van der Waals surface area contributed by atoms with E-state index in [2.05, 4.69) is 27.7 Å². The van der Waals surface area contributed by atoms with Gasteiger partial charge in [-0.15, -0.1) is 0 Å². The van der Waals surface area contributed by atoms with Crippen LogP contribution in [-0.4, -0.2) is 28.6 Å². The first kappa shape index (κ1) is 24.5. The second kappa shape index (κ2) is 7.67. The average molecular weight is 471 g/mol. The molecule has 2 spiro atoms. The first-order valence-electron chi connectivity index (χ1n) is 14.0. The van der Waals surface area contributed by atoms with Gasteiger partial charge < -0.3 is 10.2 Å². The lowest BCUT2D eigenvalue weighted by Gasteiger charge is -2.62. The lowest BCUT2D eigenvalue weighted by Crippen LogP contribution is -2.58. The number of ketones is 1. The van der Waals surface area contributed by atoms with Gasteiger partial charge in [0.2, 0.25) is 0 Å². The van der Waals surface area contributed by atoms with Crippen LogP contribution < -0.4 is 0 Å². The standard InChI is InChI=1S/C30H46O4/c1-19(7-6-8-20(2)25(33)34)21-11-13-28(5)23-10-9-22-26(3,18-31)24(32)12-14-29(22)17-30(23,29)16-15-27(21,28)4/h8,19,21-23,31H,6-7,9-18H2,1-5H3,(H,33,34)/b20-8-/t19-,21-,22+,23+,26+,27-,28+,29-,30+/m1/s1. The average Bonchev–Trinajstić information content (AvgIpc) is 3.38. The van der Waals surface area contributed by atoms with Crippen molar-refractivity contribution in [3.8, 4) is 0 Å². The zero-order valence-electron chi connectivity index (χ0n) is 22.1. The van der Waals surface area contributed by atoms with E-state index < -0.39 is 11.4 Å². The second-order valence-electron chi connectivity index (χ2n) is 13.9. The van der Waals surface area contributed by atoms with Crippen LogP contribution >= 0.6 is 0 Å². The Morgan fingerprint density at radius 3 is 2.38 bits per heavy atom. The fraction of sp³-hybridized carbons (Fsp3) is 0.867. The summed E-state index contributed by atoms with van der Waals surface area (Å²) >= 11 is 0. The summed E-state index contributed by atoms with van der Waals surface area (Å²) < 4.78 is 0. The Bertz CT molecular complexity index is 923. The minimum absolute atomic E-state index is 0.0172. The van der Waals surface area contributed by atoms with Gasteiger partial charge in [0, 0.05) is 12.0 Å². The highest BCUT2D eigenvalue weighted by Gasteiger charge is 2.82. The number of Topliss-reactive ketones (excluding diaryl/α,β-unsaturated/α-hetero) is 1. The Morgan fingerprint density at radius 2 is 1.71 bits per heavy atom. The molecule has 0 amide bonds. The van der Waals surface area contributed by atoms with Gasteiger partial charge in [-0.1, -0.05) is 33.8 Å². The molecule has 0 unspecified atom stereocenters. The molecule has 5 aliphatic rings. The molecule has 9 atom stereocenters. The van der Waals surface area contributed by atoms with Gasteiger partial charge in [0.25, 0.3) is 0 Å². The van der Waals surface area contributed by atoms with Crippen LogP contribution in [0.25, 0.3) is 0 Å². The topological polar surface area (TPSA) is 74.6 Å². The molecule has 0 aromatic carbocycles. The minimum Gasteiger partial charge on any atom is -0.478 e. The number of hydrogen-bond donors (Lipinski definition) is 2. The summed E-state index contributed by atoms with van der Waals surface area (Å²) in [6, 6.07) is 0. The SMILES string of the molecule is C/C(=C/CC[C@@H](C)[C@H]1CC[C@@]2(C)[C@@H]3CC[C@@H]4[C@@]5(CCC(=O)[C@@]4(C)CO)C[C@@]35CC[C@]12C)C(=O)O. The summed E-state index contributed by atoms with van der Waals surface area (Å²) in [5.74, 6) is 1.93. The number of aliphatic hydroxyl groups is 1. The number of carbonyl (C=O) groups excluding carboxylic acids is 1. The first-order chi connectivity index (χ1) is 15.9. The van der Waals surface area contributed by atoms with Crippen molar-refractivity contribution in [1.82, 2.24) is 0 Å². The molecule has 5 rings (SSSR count). The van der Waals surface area contributed by atoms with Crippen molar-refractivity contribution in [1.29, 1.82) is 0 Å². The van der Waals surface area contributed by atoms with Crippen LogP contribution in [0.1, 0.15) is 105 Å². The lowest BCUT2D eigenvalue weighted by atomic mass is 9.42. The highest BCUT2D eigenvalue weighted by molar-refractivity contribution is 5.86. The summed E-state index contributed by atoms with van der Waals surface area (Å²) in [7, 11) is 0. The molecule has 34 heavy (non-hydrogen) atoms. The van der Waals surface area contributed by atoms with Gasteiger partial charge in [0.15, 0.2) is 0 Å². The number of rotatable bonds is 6. The molecule has 0 aromatic rings. The molecule has 4 nitrogen and oxygen atoms in total. The number of fused-ring (bicyclic) bond motifs is 2. The van der Waals surface area contributed by atoms with Crippen LogP contribution in [0.4, 0.5) is 0 Å². The predicted molar refractivity (Wildman–Crippen MR) is 133 cm³/mol. The van der Waals surface area contributed by atoms with Crippen LogP contribution in [0.15, 0.2) is 11.6 Å². The predicted octanol–water partition coefficient (Wildman–Crippen LogP) is 6.41. The van der Waals surface area contributed by atoms with Crippen LogP contribution in [0.3, 0.4) is 0 Å². The number of carboxylic acids is 1. The highest BCUT2D eigenvalue weighted by atomic mass is 16.4. The summed E-state index contributed by atoms with van der Waals surface area (Å²) in [6.45, 7) is 11.4. The molecule has 0 radical (unpaired) electrons. The zero-order valence-corrected chi connectivity index (χ0v) is 22.1. The van der Waals surface area contributed by atoms with E-state index >= 15 is 0 Å². The lowest BCUT2D eigenvalue weighted by molar-refractivity contribution is -0.163. The number of allylic oxidation sites excluding steroid dienone is 1. The van der Waals surface area contributed by atoms with Crippen molar-refractivity contribution in [3.63, 3.8) is 0 Å². The summed E-state index contributed by atoms with van der Waals surface area (Å²) in [4.78, 5) is 24.1. The molecule has 2 N–H and O–H groups in total. The third-order valence-corrected chi connectivity index (χ3v) is 13.2. The van der Waals surface area contributed by atoms with Gasteiger partial charge in [0.05, 0.1) is 12.0 Å². The van der Waals surface area contributed by atoms with E-state index in [-0.39, 0.29) is 6.61 Å². The largest absolute Gasteiger partial charge is 0.478 e. The third-order valence-electron chi connectivity index (χ3n) is 13.2. The number of aliphatic carboxylic acids is 1. The molecule has 0 aromatic heterocycles. The Labute approximate surface area is 206 Å². The molecule has 0 bridgehead atoms. The second-order valence-corrected chi connectivity index (χ2v) is 13.9. The molecule has 5 saturated carbocycles. The van der Waals surface area contributed by atoms with E-state index in [0.717, 1.165) is 31.6 Å². The first-order valence-corrected chi connectivity index (χ1v) is 14.0. The Balaban J connectivity index is 1.38.